The summed E-state index contributed by atoms with van der Waals surface area (Å²) in [6.07, 6.45) is -2.13. The Bertz CT molecular complexity index is 857. The number of allylic oxidation sites excluding steroid dienone is 1. The van der Waals surface area contributed by atoms with Gasteiger partial charge in [-0.25, -0.2) is 4.79 Å². The molecule has 26 heavy (non-hydrogen) atoms. The zero-order chi connectivity index (χ0) is 18.7. The summed E-state index contributed by atoms with van der Waals surface area (Å²) >= 11 is 0. The van der Waals surface area contributed by atoms with Crippen molar-refractivity contribution in [1.82, 2.24) is 0 Å². The van der Waals surface area contributed by atoms with Gasteiger partial charge in [0.2, 0.25) is 0 Å². The maximum Gasteiger partial charge on any atom is 0.416 e. The molecule has 0 atom stereocenters. The van der Waals surface area contributed by atoms with E-state index < -0.39 is 17.8 Å². The first kappa shape index (κ1) is 17.7. The van der Waals surface area contributed by atoms with Crippen LogP contribution in [0.5, 0.6) is 0 Å². The van der Waals surface area contributed by atoms with E-state index in [9.17, 15) is 22.8 Å². The minimum absolute atomic E-state index is 0.296. The first-order valence-electron chi connectivity index (χ1n) is 7.78. The molecule has 0 spiro atoms. The number of halogens is 3. The van der Waals surface area contributed by atoms with Crippen LogP contribution in [-0.4, -0.2) is 25.0 Å². The van der Waals surface area contributed by atoms with Crippen LogP contribution in [0.3, 0.4) is 0 Å². The molecule has 1 fully saturated rings. The number of hydrogen-bond acceptors (Lipinski definition) is 3. The summed E-state index contributed by atoms with van der Waals surface area (Å²) in [5, 5.41) is 0. The molecule has 0 bridgehead atoms. The van der Waals surface area contributed by atoms with Gasteiger partial charge in [-0.05, 0) is 35.9 Å². The van der Waals surface area contributed by atoms with Crippen molar-refractivity contribution in [2.75, 3.05) is 18.1 Å². The van der Waals surface area contributed by atoms with Crippen LogP contribution >= 0.6 is 0 Å². The molecule has 134 valence electrons. The maximum atomic E-state index is 12.5. The van der Waals surface area contributed by atoms with Gasteiger partial charge in [-0.15, -0.1) is 0 Å². The Kier molecular flexibility index (Phi) is 4.79. The summed E-state index contributed by atoms with van der Waals surface area (Å²) in [5.41, 5.74) is 0.656. The van der Waals surface area contributed by atoms with E-state index in [2.05, 4.69) is 0 Å². The first-order valence-corrected chi connectivity index (χ1v) is 7.78. The van der Waals surface area contributed by atoms with Crippen molar-refractivity contribution in [2.45, 2.75) is 6.18 Å². The lowest BCUT2D eigenvalue weighted by molar-refractivity contribution is -0.137. The number of amides is 1. The van der Waals surface area contributed by atoms with Crippen molar-refractivity contribution in [3.63, 3.8) is 0 Å². The van der Waals surface area contributed by atoms with Crippen LogP contribution < -0.4 is 4.90 Å². The number of alkyl halides is 3. The SMILES string of the molecule is O=C(/C=C/c1ccc(C(F)(F)F)cc1)c1cccc(N2CCOC2=O)c1. The van der Waals surface area contributed by atoms with E-state index in [1.54, 1.807) is 24.3 Å². The van der Waals surface area contributed by atoms with Crippen molar-refractivity contribution in [3.05, 3.63) is 71.3 Å². The third-order valence-electron chi connectivity index (χ3n) is 3.87. The maximum absolute atomic E-state index is 12.5. The van der Waals surface area contributed by atoms with Gasteiger partial charge in [0.15, 0.2) is 5.78 Å². The summed E-state index contributed by atoms with van der Waals surface area (Å²) < 4.78 is 42.5. The number of benzene rings is 2. The average Bonchev–Trinajstić information content (AvgIpc) is 3.05. The Hall–Kier alpha value is -3.09. The summed E-state index contributed by atoms with van der Waals surface area (Å²) in [7, 11) is 0. The predicted molar refractivity (Wildman–Crippen MR) is 89.9 cm³/mol. The second kappa shape index (κ2) is 7.03. The van der Waals surface area contributed by atoms with E-state index in [0.717, 1.165) is 12.1 Å². The van der Waals surface area contributed by atoms with Gasteiger partial charge in [0.25, 0.3) is 0 Å². The fourth-order valence-corrected chi connectivity index (χ4v) is 2.51. The molecule has 4 nitrogen and oxygen atoms in total. The first-order chi connectivity index (χ1) is 12.3. The fraction of sp³-hybridized carbons (Fsp3) is 0.158. The van der Waals surface area contributed by atoms with Crippen molar-refractivity contribution in [1.29, 1.82) is 0 Å². The summed E-state index contributed by atoms with van der Waals surface area (Å²) in [6, 6.07) is 11.0. The summed E-state index contributed by atoms with van der Waals surface area (Å²) in [5.74, 6) is -0.320. The molecule has 0 saturated carbocycles. The van der Waals surface area contributed by atoms with Crippen molar-refractivity contribution >= 4 is 23.6 Å². The number of nitrogens with zero attached hydrogens (tertiary/aromatic N) is 1. The van der Waals surface area contributed by atoms with Gasteiger partial charge in [0.05, 0.1) is 12.1 Å². The molecule has 7 heteroatoms. The van der Waals surface area contributed by atoms with E-state index >= 15 is 0 Å². The standard InChI is InChI=1S/C19H14F3NO3/c20-19(21,22)15-7-4-13(5-8-15)6-9-17(24)14-2-1-3-16(12-14)23-10-11-26-18(23)25/h1-9,12H,10-11H2/b9-6+. The molecular weight excluding hydrogens is 347 g/mol. The van der Waals surface area contributed by atoms with Crippen LogP contribution in [-0.2, 0) is 10.9 Å². The number of hydrogen-bond donors (Lipinski definition) is 0. The monoisotopic (exact) mass is 361 g/mol. The minimum atomic E-state index is -4.39. The lowest BCUT2D eigenvalue weighted by Crippen LogP contribution is -2.23. The molecule has 0 unspecified atom stereocenters. The smallest absolute Gasteiger partial charge is 0.416 e. The Morgan fingerprint density at radius 1 is 1.12 bits per heavy atom. The van der Waals surface area contributed by atoms with E-state index in [-0.39, 0.29) is 5.78 Å². The molecule has 2 aromatic carbocycles. The largest absolute Gasteiger partial charge is 0.447 e. The highest BCUT2D eigenvalue weighted by Gasteiger charge is 2.29. The number of carbonyl (C=O) groups excluding carboxylic acids is 2. The van der Waals surface area contributed by atoms with Crippen LogP contribution in [0.2, 0.25) is 0 Å². The van der Waals surface area contributed by atoms with Gasteiger partial charge >= 0.3 is 12.3 Å². The number of rotatable bonds is 4. The lowest BCUT2D eigenvalue weighted by atomic mass is 10.1. The molecule has 0 aliphatic carbocycles. The number of anilines is 1. The molecule has 2 aromatic rings. The van der Waals surface area contributed by atoms with E-state index in [1.807, 2.05) is 0 Å². The van der Waals surface area contributed by atoms with Gasteiger partial charge in [0.1, 0.15) is 6.61 Å². The quantitative estimate of drug-likeness (QED) is 0.593. The van der Waals surface area contributed by atoms with Gasteiger partial charge in [-0.2, -0.15) is 13.2 Å². The second-order valence-electron chi connectivity index (χ2n) is 5.63. The normalized spacial score (nSPS) is 14.7. The Morgan fingerprint density at radius 2 is 1.85 bits per heavy atom. The van der Waals surface area contributed by atoms with Crippen LogP contribution in [0.25, 0.3) is 6.08 Å². The van der Waals surface area contributed by atoms with Gasteiger partial charge in [0, 0.05) is 11.3 Å². The molecule has 0 aromatic heterocycles. The molecule has 1 saturated heterocycles. The van der Waals surface area contributed by atoms with Crippen LogP contribution in [0, 0.1) is 0 Å². The average molecular weight is 361 g/mol. The van der Waals surface area contributed by atoms with Crippen LogP contribution in [0.4, 0.5) is 23.7 Å². The zero-order valence-electron chi connectivity index (χ0n) is 13.5. The molecule has 1 heterocycles. The second-order valence-corrected chi connectivity index (χ2v) is 5.63. The minimum Gasteiger partial charge on any atom is -0.447 e. The lowest BCUT2D eigenvalue weighted by Gasteiger charge is -2.13. The molecule has 0 N–H and O–H groups in total. The van der Waals surface area contributed by atoms with E-state index in [1.165, 1.54) is 29.2 Å². The van der Waals surface area contributed by atoms with Crippen molar-refractivity contribution in [3.8, 4) is 0 Å². The molecule has 1 aliphatic heterocycles. The highest BCUT2D eigenvalue weighted by Crippen LogP contribution is 2.29. The van der Waals surface area contributed by atoms with Crippen LogP contribution in [0.1, 0.15) is 21.5 Å². The highest BCUT2D eigenvalue weighted by molar-refractivity contribution is 6.07. The van der Waals surface area contributed by atoms with E-state index in [4.69, 9.17) is 4.74 Å². The third kappa shape index (κ3) is 3.93. The number of carbonyl (C=O) groups is 2. The Morgan fingerprint density at radius 3 is 2.46 bits per heavy atom. The Labute approximate surface area is 147 Å². The van der Waals surface area contributed by atoms with E-state index in [0.29, 0.717) is 30.0 Å². The molecule has 0 radical (unpaired) electrons. The number of ketones is 1. The molecule has 1 amide bonds. The number of cyclic esters (lactones) is 1. The van der Waals surface area contributed by atoms with Crippen molar-refractivity contribution in [2.24, 2.45) is 0 Å². The molecular formula is C19H14F3NO3. The predicted octanol–water partition coefficient (Wildman–Crippen LogP) is 4.56. The molecule has 3 rings (SSSR count). The van der Waals surface area contributed by atoms with Crippen molar-refractivity contribution < 1.29 is 27.5 Å². The Balaban J connectivity index is 1.73. The van der Waals surface area contributed by atoms with Gasteiger partial charge < -0.3 is 4.74 Å². The van der Waals surface area contributed by atoms with Gasteiger partial charge in [-0.1, -0.05) is 30.3 Å². The van der Waals surface area contributed by atoms with Crippen LogP contribution in [0.15, 0.2) is 54.6 Å². The fourth-order valence-electron chi connectivity index (χ4n) is 2.51. The summed E-state index contributed by atoms with van der Waals surface area (Å²) in [6.45, 7) is 0.711. The van der Waals surface area contributed by atoms with Gasteiger partial charge in [-0.3, -0.25) is 9.69 Å². The highest BCUT2D eigenvalue weighted by atomic mass is 19.4. The topological polar surface area (TPSA) is 46.6 Å². The molecule has 1 aliphatic rings. The summed E-state index contributed by atoms with van der Waals surface area (Å²) in [4.78, 5) is 25.3. The third-order valence-corrected chi connectivity index (χ3v) is 3.87. The number of ether oxygens (including phenoxy) is 1. The zero-order valence-corrected chi connectivity index (χ0v) is 13.5.